The van der Waals surface area contributed by atoms with Crippen LogP contribution in [-0.4, -0.2) is 0 Å². The van der Waals surface area contributed by atoms with E-state index in [9.17, 15) is 4.79 Å². The van der Waals surface area contributed by atoms with E-state index >= 15 is 0 Å². The van der Waals surface area contributed by atoms with Crippen molar-refractivity contribution < 1.29 is 4.42 Å². The van der Waals surface area contributed by atoms with Crippen LogP contribution in [0.1, 0.15) is 31.4 Å². The minimum Gasteiger partial charge on any atom is -0.463 e. The molecule has 17 heavy (non-hydrogen) atoms. The van der Waals surface area contributed by atoms with Crippen LogP contribution in [-0.2, 0) is 0 Å². The summed E-state index contributed by atoms with van der Waals surface area (Å²) in [6.07, 6.45) is 4.51. The van der Waals surface area contributed by atoms with E-state index in [1.54, 1.807) is 6.26 Å². The second kappa shape index (κ2) is 4.58. The quantitative estimate of drug-likeness (QED) is 0.780. The maximum absolute atomic E-state index is 12.3. The average Bonchev–Trinajstić information content (AvgIpc) is 2.30. The Labute approximate surface area is 101 Å². The number of hydrogen-bond donors (Lipinski definition) is 0. The molecule has 0 amide bonds. The van der Waals surface area contributed by atoms with E-state index in [0.29, 0.717) is 16.5 Å². The fourth-order valence-electron chi connectivity index (χ4n) is 1.93. The molecule has 0 N–H and O–H groups in total. The van der Waals surface area contributed by atoms with Gasteiger partial charge in [-0.25, -0.2) is 0 Å². The summed E-state index contributed by atoms with van der Waals surface area (Å²) in [6, 6.07) is 5.66. The summed E-state index contributed by atoms with van der Waals surface area (Å²) < 4.78 is 5.51. The molecule has 1 aromatic carbocycles. The Bertz CT molecular complexity index is 633. The summed E-state index contributed by atoms with van der Waals surface area (Å²) in [5, 5.41) is 0.659. The lowest BCUT2D eigenvalue weighted by molar-refractivity contribution is 0.600. The molecule has 2 heteroatoms. The zero-order valence-corrected chi connectivity index (χ0v) is 10.4. The van der Waals surface area contributed by atoms with Crippen LogP contribution in [0.5, 0.6) is 0 Å². The van der Waals surface area contributed by atoms with E-state index in [-0.39, 0.29) is 5.43 Å². The number of hydrogen-bond acceptors (Lipinski definition) is 2. The third-order valence-electron chi connectivity index (χ3n) is 2.86. The van der Waals surface area contributed by atoms with Crippen molar-refractivity contribution >= 4 is 16.5 Å². The van der Waals surface area contributed by atoms with Gasteiger partial charge in [0.2, 0.25) is 0 Å². The largest absolute Gasteiger partial charge is 0.463 e. The van der Waals surface area contributed by atoms with Gasteiger partial charge in [-0.05, 0) is 38.0 Å². The highest BCUT2D eigenvalue weighted by Gasteiger charge is 2.08. The van der Waals surface area contributed by atoms with Crippen LogP contribution in [0.4, 0.5) is 0 Å². The van der Waals surface area contributed by atoms with Gasteiger partial charge in [0.05, 0.1) is 10.9 Å². The van der Waals surface area contributed by atoms with Crippen molar-refractivity contribution in [3.8, 4) is 0 Å². The Morgan fingerprint density at radius 2 is 2.18 bits per heavy atom. The molecule has 0 fully saturated rings. The normalized spacial score (nSPS) is 12.1. The third-order valence-corrected chi connectivity index (χ3v) is 2.86. The second-order valence-electron chi connectivity index (χ2n) is 4.27. The number of rotatable bonds is 2. The smallest absolute Gasteiger partial charge is 0.200 e. The van der Waals surface area contributed by atoms with Crippen LogP contribution in [0.2, 0.25) is 0 Å². The van der Waals surface area contributed by atoms with E-state index in [1.165, 1.54) is 0 Å². The molecule has 0 unspecified atom stereocenters. The van der Waals surface area contributed by atoms with Gasteiger partial charge in [-0.15, -0.1) is 0 Å². The van der Waals surface area contributed by atoms with E-state index in [1.807, 2.05) is 38.1 Å². The van der Waals surface area contributed by atoms with Gasteiger partial charge >= 0.3 is 0 Å². The summed E-state index contributed by atoms with van der Waals surface area (Å²) in [5.74, 6) is 0. The van der Waals surface area contributed by atoms with Crippen LogP contribution >= 0.6 is 0 Å². The van der Waals surface area contributed by atoms with Gasteiger partial charge in [0.1, 0.15) is 11.8 Å². The molecule has 2 nitrogen and oxygen atoms in total. The van der Waals surface area contributed by atoms with E-state index in [4.69, 9.17) is 4.42 Å². The van der Waals surface area contributed by atoms with Crippen LogP contribution in [0.3, 0.4) is 0 Å². The Hall–Kier alpha value is -1.83. The molecule has 1 heterocycles. The van der Waals surface area contributed by atoms with Crippen molar-refractivity contribution in [1.29, 1.82) is 0 Å². The number of fused-ring (bicyclic) bond motifs is 1. The molecule has 2 rings (SSSR count). The highest BCUT2D eigenvalue weighted by atomic mass is 16.3. The van der Waals surface area contributed by atoms with Crippen molar-refractivity contribution in [3.63, 3.8) is 0 Å². The third kappa shape index (κ3) is 2.16. The first kappa shape index (κ1) is 11.6. The Balaban J connectivity index is 2.73. The van der Waals surface area contributed by atoms with Gasteiger partial charge in [0, 0.05) is 0 Å². The Morgan fingerprint density at radius 3 is 2.88 bits per heavy atom. The maximum Gasteiger partial charge on any atom is 0.200 e. The first-order valence-electron chi connectivity index (χ1n) is 5.82. The fraction of sp³-hybridized carbons (Fsp3) is 0.267. The minimum absolute atomic E-state index is 0.0529. The van der Waals surface area contributed by atoms with E-state index in [0.717, 1.165) is 17.6 Å². The first-order valence-corrected chi connectivity index (χ1v) is 5.82. The number of benzene rings is 1. The predicted octanol–water partition coefficient (Wildman–Crippen LogP) is 3.91. The van der Waals surface area contributed by atoms with Crippen molar-refractivity contribution in [2.75, 3.05) is 0 Å². The van der Waals surface area contributed by atoms with Gasteiger partial charge in [0.15, 0.2) is 5.43 Å². The molecular weight excluding hydrogens is 212 g/mol. The molecule has 2 aromatic rings. The molecule has 0 spiro atoms. The van der Waals surface area contributed by atoms with Gasteiger partial charge < -0.3 is 4.42 Å². The zero-order valence-electron chi connectivity index (χ0n) is 10.4. The molecule has 0 aliphatic heterocycles. The van der Waals surface area contributed by atoms with Crippen LogP contribution in [0.15, 0.2) is 39.7 Å². The molecule has 0 aliphatic carbocycles. The van der Waals surface area contributed by atoms with Gasteiger partial charge in [-0.2, -0.15) is 0 Å². The van der Waals surface area contributed by atoms with Gasteiger partial charge in [-0.3, -0.25) is 4.79 Å². The maximum atomic E-state index is 12.3. The van der Waals surface area contributed by atoms with Gasteiger partial charge in [-0.1, -0.05) is 24.6 Å². The number of allylic oxidation sites excluding steroid dienone is 2. The molecule has 88 valence electrons. The topological polar surface area (TPSA) is 30.2 Å². The second-order valence-corrected chi connectivity index (χ2v) is 4.27. The molecule has 0 atom stereocenters. The predicted molar refractivity (Wildman–Crippen MR) is 71.2 cm³/mol. The van der Waals surface area contributed by atoms with Crippen molar-refractivity contribution in [2.24, 2.45) is 0 Å². The summed E-state index contributed by atoms with van der Waals surface area (Å²) in [4.78, 5) is 12.3. The molecule has 0 saturated carbocycles. The lowest BCUT2D eigenvalue weighted by atomic mass is 10.1. The highest BCUT2D eigenvalue weighted by molar-refractivity contribution is 5.80. The SMILES string of the molecule is CC/C=C(\C)c1coc2ccc(C)cc2c1=O. The monoisotopic (exact) mass is 228 g/mol. The van der Waals surface area contributed by atoms with Crippen molar-refractivity contribution in [3.05, 3.63) is 51.9 Å². The fourth-order valence-corrected chi connectivity index (χ4v) is 1.93. The minimum atomic E-state index is 0.0529. The lowest BCUT2D eigenvalue weighted by Crippen LogP contribution is -2.07. The molecule has 0 radical (unpaired) electrons. The summed E-state index contributed by atoms with van der Waals surface area (Å²) >= 11 is 0. The summed E-state index contributed by atoms with van der Waals surface area (Å²) in [5.41, 5.74) is 3.40. The van der Waals surface area contributed by atoms with Crippen LogP contribution in [0, 0.1) is 6.92 Å². The highest BCUT2D eigenvalue weighted by Crippen LogP contribution is 2.17. The number of aryl methyl sites for hydroxylation is 1. The molecule has 0 bridgehead atoms. The van der Waals surface area contributed by atoms with Crippen molar-refractivity contribution in [2.45, 2.75) is 27.2 Å². The van der Waals surface area contributed by atoms with Crippen molar-refractivity contribution in [1.82, 2.24) is 0 Å². The van der Waals surface area contributed by atoms with Gasteiger partial charge in [0.25, 0.3) is 0 Å². The van der Waals surface area contributed by atoms with Crippen LogP contribution in [0.25, 0.3) is 16.5 Å². The standard InChI is InChI=1S/C15H16O2/c1-4-5-11(3)13-9-17-14-7-6-10(2)8-12(14)15(13)16/h5-9H,4H2,1-3H3/b11-5+. The average molecular weight is 228 g/mol. The Kier molecular flexibility index (Phi) is 3.14. The van der Waals surface area contributed by atoms with E-state index in [2.05, 4.69) is 6.92 Å². The Morgan fingerprint density at radius 1 is 1.41 bits per heavy atom. The summed E-state index contributed by atoms with van der Waals surface area (Å²) in [7, 11) is 0. The summed E-state index contributed by atoms with van der Waals surface area (Å²) in [6.45, 7) is 5.97. The zero-order chi connectivity index (χ0) is 12.4. The molecule has 1 aromatic heterocycles. The first-order chi connectivity index (χ1) is 8.13. The van der Waals surface area contributed by atoms with E-state index < -0.39 is 0 Å². The lowest BCUT2D eigenvalue weighted by Gasteiger charge is -2.03. The molecule has 0 aliphatic rings. The van der Waals surface area contributed by atoms with Crippen LogP contribution < -0.4 is 5.43 Å². The molecular formula is C15H16O2. The molecule has 0 saturated heterocycles.